The quantitative estimate of drug-likeness (QED) is 0.874. The topological polar surface area (TPSA) is 54.1 Å². The lowest BCUT2D eigenvalue weighted by molar-refractivity contribution is -0.00345. The van der Waals surface area contributed by atoms with Crippen molar-refractivity contribution in [2.45, 2.75) is 13.0 Å². The van der Waals surface area contributed by atoms with E-state index in [2.05, 4.69) is 10.3 Å². The third kappa shape index (κ3) is 1.98. The number of rotatable bonds is 2. The molecule has 0 atom stereocenters. The number of H-pyrrole nitrogens is 1. The number of hydrogen-bond donors (Lipinski definition) is 2. The van der Waals surface area contributed by atoms with Crippen molar-refractivity contribution in [2.24, 2.45) is 0 Å². The van der Waals surface area contributed by atoms with Crippen molar-refractivity contribution in [3.63, 3.8) is 0 Å². The smallest absolute Gasteiger partial charge is 0.253 e. The highest BCUT2D eigenvalue weighted by Crippen LogP contribution is 2.24. The number of carbonyl (C=O) groups is 1. The normalized spacial score (nSPS) is 15.7. The van der Waals surface area contributed by atoms with Crippen LogP contribution in [0.15, 0.2) is 18.2 Å². The molecule has 1 aliphatic rings. The first-order valence-corrected chi connectivity index (χ1v) is 6.19. The van der Waals surface area contributed by atoms with Gasteiger partial charge in [-0.2, -0.15) is 0 Å². The van der Waals surface area contributed by atoms with Gasteiger partial charge in [0.1, 0.15) is 0 Å². The third-order valence-corrected chi connectivity index (χ3v) is 3.37. The minimum absolute atomic E-state index is 0.109. The fourth-order valence-corrected chi connectivity index (χ4v) is 2.31. The van der Waals surface area contributed by atoms with Crippen LogP contribution in [0.1, 0.15) is 16.1 Å². The molecule has 1 saturated heterocycles. The molecule has 2 N–H and O–H groups in total. The Hall–Kier alpha value is -1.52. The van der Waals surface area contributed by atoms with Crippen LogP contribution in [-0.2, 0) is 4.74 Å². The van der Waals surface area contributed by atoms with Crippen LogP contribution in [0.5, 0.6) is 0 Å². The van der Waals surface area contributed by atoms with E-state index in [0.29, 0.717) is 23.8 Å². The van der Waals surface area contributed by atoms with E-state index in [4.69, 9.17) is 16.3 Å². The molecular weight excluding hydrogens is 252 g/mol. The maximum Gasteiger partial charge on any atom is 0.253 e. The maximum atomic E-state index is 12.1. The monoisotopic (exact) mass is 264 g/mol. The van der Waals surface area contributed by atoms with Crippen LogP contribution in [0.25, 0.3) is 10.9 Å². The molecule has 1 aromatic heterocycles. The van der Waals surface area contributed by atoms with Crippen molar-refractivity contribution in [1.82, 2.24) is 10.3 Å². The zero-order valence-corrected chi connectivity index (χ0v) is 10.7. The van der Waals surface area contributed by atoms with Gasteiger partial charge in [-0.25, -0.2) is 0 Å². The van der Waals surface area contributed by atoms with E-state index in [9.17, 15) is 4.79 Å². The number of benzene rings is 1. The van der Waals surface area contributed by atoms with Crippen molar-refractivity contribution < 1.29 is 9.53 Å². The SMILES string of the molecule is Cc1cc2cc(C(=O)NC3COC3)c(Cl)cc2[nH]1. The molecule has 0 unspecified atom stereocenters. The maximum absolute atomic E-state index is 12.1. The Morgan fingerprint density at radius 1 is 1.44 bits per heavy atom. The molecule has 0 spiro atoms. The molecule has 0 saturated carbocycles. The zero-order valence-electron chi connectivity index (χ0n) is 9.92. The van der Waals surface area contributed by atoms with E-state index < -0.39 is 0 Å². The molecule has 0 aliphatic carbocycles. The summed E-state index contributed by atoms with van der Waals surface area (Å²) in [7, 11) is 0. The lowest BCUT2D eigenvalue weighted by Gasteiger charge is -2.26. The van der Waals surface area contributed by atoms with Gasteiger partial charge in [0, 0.05) is 16.6 Å². The first-order chi connectivity index (χ1) is 8.63. The number of ether oxygens (including phenoxy) is 1. The summed E-state index contributed by atoms with van der Waals surface area (Å²) in [5, 5.41) is 4.34. The molecule has 1 amide bonds. The summed E-state index contributed by atoms with van der Waals surface area (Å²) in [6.07, 6.45) is 0. The fourth-order valence-electron chi connectivity index (χ4n) is 2.06. The van der Waals surface area contributed by atoms with Crippen LogP contribution in [0.2, 0.25) is 5.02 Å². The number of fused-ring (bicyclic) bond motifs is 1. The number of aryl methyl sites for hydroxylation is 1. The molecule has 2 aromatic rings. The summed E-state index contributed by atoms with van der Waals surface area (Å²) in [5.74, 6) is -0.144. The first-order valence-electron chi connectivity index (χ1n) is 5.81. The molecule has 3 rings (SSSR count). The van der Waals surface area contributed by atoms with Gasteiger partial charge in [-0.3, -0.25) is 4.79 Å². The second-order valence-electron chi connectivity index (χ2n) is 4.58. The predicted octanol–water partition coefficient (Wildman–Crippen LogP) is 2.26. The zero-order chi connectivity index (χ0) is 12.7. The Kier molecular flexibility index (Phi) is 2.76. The predicted molar refractivity (Wildman–Crippen MR) is 70.1 cm³/mol. The minimum Gasteiger partial charge on any atom is -0.377 e. The number of aromatic amines is 1. The summed E-state index contributed by atoms with van der Waals surface area (Å²) < 4.78 is 5.02. The summed E-state index contributed by atoms with van der Waals surface area (Å²) >= 11 is 6.14. The van der Waals surface area contributed by atoms with Gasteiger partial charge in [0.15, 0.2) is 0 Å². The Labute approximate surface area is 109 Å². The molecule has 94 valence electrons. The van der Waals surface area contributed by atoms with E-state index in [1.807, 2.05) is 19.1 Å². The lowest BCUT2D eigenvalue weighted by atomic mass is 10.1. The third-order valence-electron chi connectivity index (χ3n) is 3.06. The van der Waals surface area contributed by atoms with Crippen LogP contribution in [0.4, 0.5) is 0 Å². The number of aromatic nitrogens is 1. The van der Waals surface area contributed by atoms with Crippen LogP contribution >= 0.6 is 11.6 Å². The highest BCUT2D eigenvalue weighted by molar-refractivity contribution is 6.34. The Morgan fingerprint density at radius 2 is 2.22 bits per heavy atom. The molecule has 0 bridgehead atoms. The largest absolute Gasteiger partial charge is 0.377 e. The molecule has 18 heavy (non-hydrogen) atoms. The van der Waals surface area contributed by atoms with Crippen LogP contribution < -0.4 is 5.32 Å². The number of carbonyl (C=O) groups excluding carboxylic acids is 1. The van der Waals surface area contributed by atoms with Crippen LogP contribution in [-0.4, -0.2) is 30.1 Å². The van der Waals surface area contributed by atoms with Crippen molar-refractivity contribution in [3.8, 4) is 0 Å². The molecular formula is C13H13ClN2O2. The summed E-state index contributed by atoms with van der Waals surface area (Å²) in [5.41, 5.74) is 2.50. The molecule has 2 heterocycles. The van der Waals surface area contributed by atoms with Crippen LogP contribution in [0.3, 0.4) is 0 Å². The number of hydrogen-bond acceptors (Lipinski definition) is 2. The fraction of sp³-hybridized carbons (Fsp3) is 0.308. The van der Waals surface area contributed by atoms with Gasteiger partial charge in [0.25, 0.3) is 5.91 Å². The minimum atomic E-state index is -0.144. The summed E-state index contributed by atoms with van der Waals surface area (Å²) in [6, 6.07) is 5.71. The van der Waals surface area contributed by atoms with Gasteiger partial charge in [-0.1, -0.05) is 11.6 Å². The summed E-state index contributed by atoms with van der Waals surface area (Å²) in [4.78, 5) is 15.3. The average Bonchev–Trinajstić information content (AvgIpc) is 2.61. The van der Waals surface area contributed by atoms with E-state index in [1.54, 1.807) is 6.07 Å². The van der Waals surface area contributed by atoms with Crippen molar-refractivity contribution in [1.29, 1.82) is 0 Å². The first kappa shape index (κ1) is 11.6. The van der Waals surface area contributed by atoms with E-state index >= 15 is 0 Å². The van der Waals surface area contributed by atoms with E-state index in [0.717, 1.165) is 16.6 Å². The second-order valence-corrected chi connectivity index (χ2v) is 4.99. The summed E-state index contributed by atoms with van der Waals surface area (Å²) in [6.45, 7) is 3.13. The number of halogens is 1. The van der Waals surface area contributed by atoms with Crippen LogP contribution in [0, 0.1) is 6.92 Å². The van der Waals surface area contributed by atoms with Gasteiger partial charge < -0.3 is 15.0 Å². The number of nitrogens with one attached hydrogen (secondary N) is 2. The molecule has 1 fully saturated rings. The lowest BCUT2D eigenvalue weighted by Crippen LogP contribution is -2.48. The molecule has 1 aromatic carbocycles. The second kappa shape index (κ2) is 4.30. The van der Waals surface area contributed by atoms with E-state index in [-0.39, 0.29) is 11.9 Å². The highest BCUT2D eigenvalue weighted by Gasteiger charge is 2.22. The Morgan fingerprint density at radius 3 is 2.89 bits per heavy atom. The average molecular weight is 265 g/mol. The standard InChI is InChI=1S/C13H13ClN2O2/c1-7-2-8-3-10(11(14)4-12(8)15-7)13(17)16-9-5-18-6-9/h2-4,9,15H,5-6H2,1H3,(H,16,17). The Bertz CT molecular complexity index is 617. The van der Waals surface area contributed by atoms with Gasteiger partial charge in [0.05, 0.1) is 29.8 Å². The molecule has 5 heteroatoms. The highest BCUT2D eigenvalue weighted by atomic mass is 35.5. The van der Waals surface area contributed by atoms with E-state index in [1.165, 1.54) is 0 Å². The Balaban J connectivity index is 1.94. The molecule has 1 aliphatic heterocycles. The molecule has 0 radical (unpaired) electrons. The van der Waals surface area contributed by atoms with Crippen molar-refractivity contribution in [2.75, 3.05) is 13.2 Å². The van der Waals surface area contributed by atoms with Gasteiger partial charge in [0.2, 0.25) is 0 Å². The number of amides is 1. The van der Waals surface area contributed by atoms with Gasteiger partial charge >= 0.3 is 0 Å². The van der Waals surface area contributed by atoms with Gasteiger partial charge in [-0.15, -0.1) is 0 Å². The van der Waals surface area contributed by atoms with Crippen molar-refractivity contribution >= 4 is 28.4 Å². The van der Waals surface area contributed by atoms with Gasteiger partial charge in [-0.05, 0) is 25.1 Å². The van der Waals surface area contributed by atoms with Crippen molar-refractivity contribution in [3.05, 3.63) is 34.5 Å². The molecule has 4 nitrogen and oxygen atoms in total.